The predicted molar refractivity (Wildman–Crippen MR) is 64.1 cm³/mol. The van der Waals surface area contributed by atoms with Gasteiger partial charge in [0.25, 0.3) is 0 Å². The fourth-order valence-electron chi connectivity index (χ4n) is 2.39. The highest BCUT2D eigenvalue weighted by Crippen LogP contribution is 2.20. The molecule has 0 spiro atoms. The van der Waals surface area contributed by atoms with E-state index in [1.807, 2.05) is 0 Å². The Morgan fingerprint density at radius 3 is 2.67 bits per heavy atom. The van der Waals surface area contributed by atoms with E-state index in [4.69, 9.17) is 0 Å². The molecule has 0 aromatic carbocycles. The summed E-state index contributed by atoms with van der Waals surface area (Å²) in [6.45, 7) is 5.46. The van der Waals surface area contributed by atoms with E-state index >= 15 is 0 Å². The predicted octanol–water partition coefficient (Wildman–Crippen LogP) is 3.84. The van der Waals surface area contributed by atoms with Crippen molar-refractivity contribution < 1.29 is 5.21 Å². The van der Waals surface area contributed by atoms with E-state index in [0.29, 0.717) is 6.04 Å². The van der Waals surface area contributed by atoms with Crippen molar-refractivity contribution in [1.29, 1.82) is 0 Å². The number of nitrogens with zero attached hydrogens (tertiary/aromatic N) is 1. The second-order valence-corrected chi connectivity index (χ2v) is 5.34. The average molecular weight is 213 g/mol. The molecule has 1 fully saturated rings. The van der Waals surface area contributed by atoms with Gasteiger partial charge in [0, 0.05) is 12.6 Å². The van der Waals surface area contributed by atoms with E-state index in [9.17, 15) is 5.21 Å². The molecule has 2 heteroatoms. The Kier molecular flexibility index (Phi) is 6.26. The quantitative estimate of drug-likeness (QED) is 0.678. The van der Waals surface area contributed by atoms with E-state index < -0.39 is 0 Å². The molecular weight excluding hydrogens is 186 g/mol. The summed E-state index contributed by atoms with van der Waals surface area (Å²) in [4.78, 5) is 0. The number of hydrogen-bond donors (Lipinski definition) is 1. The number of rotatable bonds is 6. The van der Waals surface area contributed by atoms with E-state index in [0.717, 1.165) is 12.5 Å². The molecule has 1 rings (SSSR count). The molecule has 1 saturated heterocycles. The first-order valence-corrected chi connectivity index (χ1v) is 6.65. The third-order valence-corrected chi connectivity index (χ3v) is 3.41. The van der Waals surface area contributed by atoms with Crippen LogP contribution in [0.1, 0.15) is 65.2 Å². The molecule has 0 saturated carbocycles. The zero-order valence-electron chi connectivity index (χ0n) is 10.4. The zero-order valence-corrected chi connectivity index (χ0v) is 10.4. The highest BCUT2D eigenvalue weighted by atomic mass is 16.5. The van der Waals surface area contributed by atoms with Gasteiger partial charge in [0.05, 0.1) is 0 Å². The van der Waals surface area contributed by atoms with Crippen LogP contribution in [-0.4, -0.2) is 22.9 Å². The average Bonchev–Trinajstić information content (AvgIpc) is 2.20. The third kappa shape index (κ3) is 5.53. The molecule has 90 valence electrons. The summed E-state index contributed by atoms with van der Waals surface area (Å²) in [6.07, 6.45) is 10.2. The van der Waals surface area contributed by atoms with Crippen LogP contribution in [0.2, 0.25) is 0 Å². The van der Waals surface area contributed by atoms with Crippen LogP contribution in [-0.2, 0) is 0 Å². The van der Waals surface area contributed by atoms with Crippen LogP contribution in [0.5, 0.6) is 0 Å². The third-order valence-electron chi connectivity index (χ3n) is 3.41. The first kappa shape index (κ1) is 13.0. The van der Waals surface area contributed by atoms with Crippen LogP contribution in [0.15, 0.2) is 0 Å². The van der Waals surface area contributed by atoms with Crippen LogP contribution < -0.4 is 0 Å². The molecule has 0 aromatic heterocycles. The first-order valence-electron chi connectivity index (χ1n) is 6.65. The lowest BCUT2D eigenvalue weighted by atomic mass is 9.97. The van der Waals surface area contributed by atoms with Gasteiger partial charge >= 0.3 is 0 Å². The van der Waals surface area contributed by atoms with E-state index in [-0.39, 0.29) is 0 Å². The zero-order chi connectivity index (χ0) is 11.1. The number of hydroxylamine groups is 2. The van der Waals surface area contributed by atoms with Gasteiger partial charge in [0.15, 0.2) is 0 Å². The maximum Gasteiger partial charge on any atom is 0.0350 e. The van der Waals surface area contributed by atoms with Gasteiger partial charge in [-0.1, -0.05) is 46.0 Å². The van der Waals surface area contributed by atoms with E-state index in [2.05, 4.69) is 13.8 Å². The summed E-state index contributed by atoms with van der Waals surface area (Å²) < 4.78 is 0. The second-order valence-electron chi connectivity index (χ2n) is 5.34. The molecule has 2 nitrogen and oxygen atoms in total. The number of piperidine rings is 1. The molecule has 1 heterocycles. The summed E-state index contributed by atoms with van der Waals surface area (Å²) in [5.41, 5.74) is 0. The number of hydrogen-bond acceptors (Lipinski definition) is 2. The fraction of sp³-hybridized carbons (Fsp3) is 1.00. The molecule has 1 aliphatic rings. The van der Waals surface area contributed by atoms with Gasteiger partial charge in [-0.05, 0) is 25.2 Å². The lowest BCUT2D eigenvalue weighted by Crippen LogP contribution is -2.36. The van der Waals surface area contributed by atoms with Crippen LogP contribution in [0.4, 0.5) is 0 Å². The minimum Gasteiger partial charge on any atom is -0.314 e. The highest BCUT2D eigenvalue weighted by Gasteiger charge is 2.19. The Hall–Kier alpha value is -0.0800. The Morgan fingerprint density at radius 2 is 2.00 bits per heavy atom. The van der Waals surface area contributed by atoms with Crippen molar-refractivity contribution in [3.63, 3.8) is 0 Å². The monoisotopic (exact) mass is 213 g/mol. The van der Waals surface area contributed by atoms with Gasteiger partial charge < -0.3 is 5.21 Å². The lowest BCUT2D eigenvalue weighted by molar-refractivity contribution is -0.143. The summed E-state index contributed by atoms with van der Waals surface area (Å²) >= 11 is 0. The van der Waals surface area contributed by atoms with Crippen LogP contribution in [0.3, 0.4) is 0 Å². The van der Waals surface area contributed by atoms with Gasteiger partial charge in [-0.2, -0.15) is 5.06 Å². The first-order chi connectivity index (χ1) is 7.20. The molecule has 1 aliphatic heterocycles. The van der Waals surface area contributed by atoms with Crippen molar-refractivity contribution in [2.24, 2.45) is 5.92 Å². The highest BCUT2D eigenvalue weighted by molar-refractivity contribution is 4.70. The molecule has 1 unspecified atom stereocenters. The molecule has 1 atom stereocenters. The normalized spacial score (nSPS) is 23.6. The minimum atomic E-state index is 0.456. The van der Waals surface area contributed by atoms with E-state index in [1.54, 1.807) is 5.06 Å². The summed E-state index contributed by atoms with van der Waals surface area (Å²) in [7, 11) is 0. The van der Waals surface area contributed by atoms with Crippen molar-refractivity contribution in [2.45, 2.75) is 71.3 Å². The summed E-state index contributed by atoms with van der Waals surface area (Å²) in [5, 5.41) is 11.2. The molecule has 0 aromatic rings. The van der Waals surface area contributed by atoms with Crippen molar-refractivity contribution in [3.05, 3.63) is 0 Å². The minimum absolute atomic E-state index is 0.456. The van der Waals surface area contributed by atoms with Crippen molar-refractivity contribution in [2.75, 3.05) is 6.54 Å². The van der Waals surface area contributed by atoms with E-state index in [1.165, 1.54) is 51.4 Å². The van der Waals surface area contributed by atoms with Gasteiger partial charge in [-0.15, -0.1) is 0 Å². The molecule has 1 N–H and O–H groups in total. The SMILES string of the molecule is CC(C)CCCCCC1CCCCN1O. The van der Waals surface area contributed by atoms with Crippen LogP contribution in [0.25, 0.3) is 0 Å². The topological polar surface area (TPSA) is 23.5 Å². The van der Waals surface area contributed by atoms with Crippen LogP contribution in [0, 0.1) is 5.92 Å². The lowest BCUT2D eigenvalue weighted by Gasteiger charge is -2.30. The van der Waals surface area contributed by atoms with Crippen molar-refractivity contribution in [1.82, 2.24) is 5.06 Å². The van der Waals surface area contributed by atoms with Crippen molar-refractivity contribution in [3.8, 4) is 0 Å². The van der Waals surface area contributed by atoms with Crippen LogP contribution >= 0.6 is 0 Å². The molecule has 15 heavy (non-hydrogen) atoms. The summed E-state index contributed by atoms with van der Waals surface area (Å²) in [6, 6.07) is 0.456. The Balaban J connectivity index is 1.99. The Morgan fingerprint density at radius 1 is 1.20 bits per heavy atom. The largest absolute Gasteiger partial charge is 0.314 e. The molecule has 0 radical (unpaired) electrons. The van der Waals surface area contributed by atoms with Gasteiger partial charge in [-0.3, -0.25) is 0 Å². The smallest absolute Gasteiger partial charge is 0.0350 e. The molecular formula is C13H27NO. The second kappa shape index (κ2) is 7.24. The standard InChI is InChI=1S/C13H27NO/c1-12(2)8-4-3-5-9-13-10-6-7-11-14(13)15/h12-13,15H,3-11H2,1-2H3. The maximum absolute atomic E-state index is 9.65. The van der Waals surface area contributed by atoms with Gasteiger partial charge in [-0.25, -0.2) is 0 Å². The number of unbranched alkanes of at least 4 members (excludes halogenated alkanes) is 2. The Bertz CT molecular complexity index is 159. The molecule has 0 aliphatic carbocycles. The summed E-state index contributed by atoms with van der Waals surface area (Å²) in [5.74, 6) is 0.842. The molecule has 0 bridgehead atoms. The van der Waals surface area contributed by atoms with Crippen molar-refractivity contribution >= 4 is 0 Å². The van der Waals surface area contributed by atoms with Gasteiger partial charge in [0.1, 0.15) is 0 Å². The maximum atomic E-state index is 9.65. The molecule has 0 amide bonds. The fourth-order valence-corrected chi connectivity index (χ4v) is 2.39. The Labute approximate surface area is 94.6 Å². The van der Waals surface area contributed by atoms with Gasteiger partial charge in [0.2, 0.25) is 0 Å².